The first-order valence-electron chi connectivity index (χ1n) is 10.9. The van der Waals surface area contributed by atoms with Crippen molar-refractivity contribution < 1.29 is 14.4 Å². The number of rotatable bonds is 8. The molecular formula is C24H30N4O3. The molecular weight excluding hydrogens is 392 g/mol. The summed E-state index contributed by atoms with van der Waals surface area (Å²) >= 11 is 0. The molecule has 0 radical (unpaired) electrons. The van der Waals surface area contributed by atoms with E-state index in [0.717, 1.165) is 31.4 Å². The van der Waals surface area contributed by atoms with Gasteiger partial charge >= 0.3 is 0 Å². The van der Waals surface area contributed by atoms with Gasteiger partial charge in [0, 0.05) is 35.1 Å². The van der Waals surface area contributed by atoms with Crippen molar-refractivity contribution in [2.75, 3.05) is 23.7 Å². The second kappa shape index (κ2) is 11.2. The molecule has 7 heteroatoms. The minimum absolute atomic E-state index is 0.0685. The molecule has 0 bridgehead atoms. The molecule has 0 atom stereocenters. The first-order valence-corrected chi connectivity index (χ1v) is 10.9. The largest absolute Gasteiger partial charge is 0.376 e. The van der Waals surface area contributed by atoms with Crippen LogP contribution < -0.4 is 21.3 Å². The second-order valence-corrected chi connectivity index (χ2v) is 7.73. The molecule has 31 heavy (non-hydrogen) atoms. The lowest BCUT2D eigenvalue weighted by Crippen LogP contribution is -2.36. The number of nitrogens with one attached hydrogen (secondary N) is 4. The Balaban J connectivity index is 1.49. The molecule has 1 aliphatic rings. The molecule has 7 nitrogen and oxygen atoms in total. The Bertz CT molecular complexity index is 905. The van der Waals surface area contributed by atoms with Crippen LogP contribution in [0.2, 0.25) is 0 Å². The molecule has 2 aromatic carbocycles. The van der Waals surface area contributed by atoms with E-state index in [2.05, 4.69) is 21.3 Å². The van der Waals surface area contributed by atoms with Crippen molar-refractivity contribution in [3.63, 3.8) is 0 Å². The van der Waals surface area contributed by atoms with Crippen molar-refractivity contribution in [2.24, 2.45) is 0 Å². The highest BCUT2D eigenvalue weighted by molar-refractivity contribution is 5.98. The summed E-state index contributed by atoms with van der Waals surface area (Å²) in [6.45, 7) is 2.51. The molecule has 1 fully saturated rings. The Morgan fingerprint density at radius 3 is 2.32 bits per heavy atom. The van der Waals surface area contributed by atoms with Gasteiger partial charge in [-0.15, -0.1) is 0 Å². The summed E-state index contributed by atoms with van der Waals surface area (Å²) in [5.74, 6) is -0.454. The van der Waals surface area contributed by atoms with Gasteiger partial charge in [-0.3, -0.25) is 14.4 Å². The lowest BCUT2D eigenvalue weighted by atomic mass is 9.95. The average Bonchev–Trinajstić information content (AvgIpc) is 2.79. The van der Waals surface area contributed by atoms with Crippen LogP contribution in [0, 0.1) is 0 Å². The zero-order valence-electron chi connectivity index (χ0n) is 17.9. The molecule has 3 amide bonds. The normalized spacial score (nSPS) is 13.8. The summed E-state index contributed by atoms with van der Waals surface area (Å²) in [6, 6.07) is 14.1. The second-order valence-electron chi connectivity index (χ2n) is 7.73. The maximum atomic E-state index is 12.5. The van der Waals surface area contributed by atoms with Gasteiger partial charge in [-0.1, -0.05) is 25.3 Å². The van der Waals surface area contributed by atoms with E-state index >= 15 is 0 Å². The molecule has 2 aromatic rings. The average molecular weight is 423 g/mol. The number of carbonyl (C=O) groups is 3. The molecule has 164 valence electrons. The molecule has 0 spiro atoms. The van der Waals surface area contributed by atoms with Crippen molar-refractivity contribution in [3.8, 4) is 0 Å². The molecule has 4 N–H and O–H groups in total. The van der Waals surface area contributed by atoms with Gasteiger partial charge in [0.05, 0.1) is 6.54 Å². The summed E-state index contributed by atoms with van der Waals surface area (Å²) < 4.78 is 0. The van der Waals surface area contributed by atoms with E-state index in [9.17, 15) is 14.4 Å². The number of carbonyl (C=O) groups excluding carboxylic acids is 3. The molecule has 0 aliphatic heterocycles. The van der Waals surface area contributed by atoms with E-state index in [1.54, 1.807) is 48.5 Å². The number of benzene rings is 2. The van der Waals surface area contributed by atoms with Crippen molar-refractivity contribution in [2.45, 2.75) is 45.1 Å². The zero-order valence-corrected chi connectivity index (χ0v) is 17.9. The monoisotopic (exact) mass is 422 g/mol. The first-order chi connectivity index (χ1) is 15.0. The van der Waals surface area contributed by atoms with Crippen LogP contribution in [0.5, 0.6) is 0 Å². The van der Waals surface area contributed by atoms with Crippen molar-refractivity contribution in [1.29, 1.82) is 0 Å². The number of anilines is 2. The topological polar surface area (TPSA) is 99.3 Å². The minimum atomic E-state index is -0.224. The van der Waals surface area contributed by atoms with Gasteiger partial charge in [0.25, 0.3) is 11.8 Å². The van der Waals surface area contributed by atoms with E-state index in [-0.39, 0.29) is 30.3 Å². The Morgan fingerprint density at radius 1 is 0.871 bits per heavy atom. The molecule has 0 unspecified atom stereocenters. The van der Waals surface area contributed by atoms with Crippen LogP contribution in [-0.4, -0.2) is 36.9 Å². The van der Waals surface area contributed by atoms with Gasteiger partial charge < -0.3 is 21.3 Å². The van der Waals surface area contributed by atoms with Crippen molar-refractivity contribution in [1.82, 2.24) is 10.6 Å². The highest BCUT2D eigenvalue weighted by Gasteiger charge is 2.17. The van der Waals surface area contributed by atoms with Gasteiger partial charge in [-0.25, -0.2) is 0 Å². The van der Waals surface area contributed by atoms with Crippen LogP contribution in [0.3, 0.4) is 0 Å². The third-order valence-electron chi connectivity index (χ3n) is 5.29. The van der Waals surface area contributed by atoms with Crippen molar-refractivity contribution >= 4 is 29.1 Å². The third kappa shape index (κ3) is 6.84. The quantitative estimate of drug-likeness (QED) is 0.523. The van der Waals surface area contributed by atoms with Gasteiger partial charge in [-0.2, -0.15) is 0 Å². The van der Waals surface area contributed by atoms with Crippen LogP contribution in [0.15, 0.2) is 48.5 Å². The lowest BCUT2D eigenvalue weighted by Gasteiger charge is -2.22. The van der Waals surface area contributed by atoms with Crippen LogP contribution >= 0.6 is 0 Å². The molecule has 0 saturated heterocycles. The standard InChI is InChI=1S/C24H30N4O3/c1-2-25-23(30)17-11-13-19(14-12-17)26-16-22(29)27-21-10-6-7-18(15-21)24(31)28-20-8-4-3-5-9-20/h6-7,10-15,20,26H,2-5,8-9,16H2,1H3,(H,25,30)(H,27,29)(H,28,31). The van der Waals surface area contributed by atoms with Crippen LogP contribution in [-0.2, 0) is 4.79 Å². The maximum absolute atomic E-state index is 12.5. The van der Waals surface area contributed by atoms with Gasteiger partial charge in [0.1, 0.15) is 0 Å². The lowest BCUT2D eigenvalue weighted by molar-refractivity contribution is -0.114. The SMILES string of the molecule is CCNC(=O)c1ccc(NCC(=O)Nc2cccc(C(=O)NC3CCCCC3)c2)cc1. The summed E-state index contributed by atoms with van der Waals surface area (Å²) in [4.78, 5) is 36.6. The zero-order chi connectivity index (χ0) is 22.1. The number of hydrogen-bond acceptors (Lipinski definition) is 4. The van der Waals surface area contributed by atoms with Crippen LogP contribution in [0.25, 0.3) is 0 Å². The van der Waals surface area contributed by atoms with Gasteiger partial charge in [-0.05, 0) is 62.2 Å². The molecule has 3 rings (SSSR count). The number of amides is 3. The predicted molar refractivity (Wildman–Crippen MR) is 122 cm³/mol. The van der Waals surface area contributed by atoms with Gasteiger partial charge in [0.2, 0.25) is 5.91 Å². The third-order valence-corrected chi connectivity index (χ3v) is 5.29. The highest BCUT2D eigenvalue weighted by Crippen LogP contribution is 2.18. The summed E-state index contributed by atoms with van der Waals surface area (Å²) in [5, 5.41) is 11.7. The Hall–Kier alpha value is -3.35. The van der Waals surface area contributed by atoms with Crippen LogP contribution in [0.4, 0.5) is 11.4 Å². The maximum Gasteiger partial charge on any atom is 0.251 e. The fraction of sp³-hybridized carbons (Fsp3) is 0.375. The molecule has 1 saturated carbocycles. The molecule has 0 aromatic heterocycles. The van der Waals surface area contributed by atoms with E-state index in [4.69, 9.17) is 0 Å². The predicted octanol–water partition coefficient (Wildman–Crippen LogP) is 3.55. The molecule has 0 heterocycles. The number of hydrogen-bond donors (Lipinski definition) is 4. The first kappa shape index (κ1) is 22.3. The summed E-state index contributed by atoms with van der Waals surface area (Å²) in [6.07, 6.45) is 5.60. The smallest absolute Gasteiger partial charge is 0.251 e. The minimum Gasteiger partial charge on any atom is -0.376 e. The highest BCUT2D eigenvalue weighted by atomic mass is 16.2. The van der Waals surface area contributed by atoms with Crippen LogP contribution in [0.1, 0.15) is 59.7 Å². The fourth-order valence-electron chi connectivity index (χ4n) is 3.64. The van der Waals surface area contributed by atoms with E-state index in [0.29, 0.717) is 23.4 Å². The van der Waals surface area contributed by atoms with E-state index in [1.807, 2.05) is 6.92 Å². The fourth-order valence-corrected chi connectivity index (χ4v) is 3.64. The van der Waals surface area contributed by atoms with Gasteiger partial charge in [0.15, 0.2) is 0 Å². The summed E-state index contributed by atoms with van der Waals surface area (Å²) in [7, 11) is 0. The summed E-state index contributed by atoms with van der Waals surface area (Å²) in [5.41, 5.74) is 2.43. The Morgan fingerprint density at radius 2 is 1.61 bits per heavy atom. The Kier molecular flexibility index (Phi) is 8.04. The van der Waals surface area contributed by atoms with E-state index < -0.39 is 0 Å². The Labute approximate surface area is 183 Å². The van der Waals surface area contributed by atoms with E-state index in [1.165, 1.54) is 6.42 Å². The molecule has 1 aliphatic carbocycles. The van der Waals surface area contributed by atoms with Crippen molar-refractivity contribution in [3.05, 3.63) is 59.7 Å².